The molecule has 0 atom stereocenters. The molecule has 19 heavy (non-hydrogen) atoms. The van der Waals surface area contributed by atoms with Crippen molar-refractivity contribution >= 4 is 33.5 Å². The predicted molar refractivity (Wildman–Crippen MR) is 80.8 cm³/mol. The highest BCUT2D eigenvalue weighted by Gasteiger charge is 2.10. The van der Waals surface area contributed by atoms with Crippen molar-refractivity contribution < 1.29 is 9.90 Å². The van der Waals surface area contributed by atoms with Gasteiger partial charge in [-0.05, 0) is 30.2 Å². The third-order valence-corrected chi connectivity index (χ3v) is 3.52. The van der Waals surface area contributed by atoms with Crippen LogP contribution in [0.25, 0.3) is 11.6 Å². The summed E-state index contributed by atoms with van der Waals surface area (Å²) < 4.78 is 0.876. The number of carboxylic acid groups (broad SMARTS) is 1. The van der Waals surface area contributed by atoms with E-state index in [1.54, 1.807) is 6.08 Å². The molecular weight excluding hydrogens is 304 g/mol. The first-order chi connectivity index (χ1) is 9.08. The Morgan fingerprint density at radius 2 is 1.74 bits per heavy atom. The highest BCUT2D eigenvalue weighted by Crippen LogP contribution is 2.23. The third-order valence-electron chi connectivity index (χ3n) is 2.80. The molecule has 0 aliphatic rings. The van der Waals surface area contributed by atoms with Gasteiger partial charge in [-0.15, -0.1) is 0 Å². The number of carbonyl (C=O) groups is 1. The molecule has 0 aliphatic carbocycles. The van der Waals surface area contributed by atoms with Gasteiger partial charge >= 0.3 is 5.97 Å². The zero-order valence-electron chi connectivity index (χ0n) is 10.4. The molecule has 2 aromatic rings. The molecule has 0 radical (unpaired) electrons. The first-order valence-electron chi connectivity index (χ1n) is 5.84. The largest absolute Gasteiger partial charge is 0.478 e. The van der Waals surface area contributed by atoms with Crippen LogP contribution in [0.15, 0.2) is 53.0 Å². The topological polar surface area (TPSA) is 37.3 Å². The second-order valence-electron chi connectivity index (χ2n) is 4.25. The van der Waals surface area contributed by atoms with E-state index in [1.165, 1.54) is 0 Å². The summed E-state index contributed by atoms with van der Waals surface area (Å²) in [7, 11) is 0. The molecule has 0 unspecified atom stereocenters. The van der Waals surface area contributed by atoms with Gasteiger partial charge in [0.2, 0.25) is 0 Å². The average Bonchev–Trinajstić information content (AvgIpc) is 2.39. The number of benzene rings is 2. The van der Waals surface area contributed by atoms with Crippen molar-refractivity contribution in [2.24, 2.45) is 0 Å². The highest BCUT2D eigenvalue weighted by molar-refractivity contribution is 9.10. The van der Waals surface area contributed by atoms with Crippen molar-refractivity contribution in [2.75, 3.05) is 0 Å². The first kappa shape index (κ1) is 13.6. The normalized spacial score (nSPS) is 11.4. The van der Waals surface area contributed by atoms with Gasteiger partial charge in [-0.2, -0.15) is 0 Å². The van der Waals surface area contributed by atoms with Gasteiger partial charge in [-0.25, -0.2) is 4.79 Å². The van der Waals surface area contributed by atoms with Gasteiger partial charge < -0.3 is 5.11 Å². The summed E-state index contributed by atoms with van der Waals surface area (Å²) in [5, 5.41) is 9.36. The summed E-state index contributed by atoms with van der Waals surface area (Å²) in [6.45, 7) is 1.97. The monoisotopic (exact) mass is 316 g/mol. The van der Waals surface area contributed by atoms with E-state index in [0.29, 0.717) is 5.56 Å². The Kier molecular flexibility index (Phi) is 4.17. The minimum Gasteiger partial charge on any atom is -0.478 e. The minimum absolute atomic E-state index is 0.284. The molecule has 0 heterocycles. The molecule has 0 aromatic heterocycles. The summed E-state index contributed by atoms with van der Waals surface area (Å²) in [5.41, 5.74) is 2.94. The fourth-order valence-corrected chi connectivity index (χ4v) is 2.15. The molecule has 0 fully saturated rings. The molecule has 0 amide bonds. The fraction of sp³-hybridized carbons (Fsp3) is 0.0625. The van der Waals surface area contributed by atoms with E-state index in [4.69, 9.17) is 0 Å². The van der Waals surface area contributed by atoms with E-state index in [0.717, 1.165) is 15.6 Å². The molecule has 0 aliphatic heterocycles. The molecule has 2 aromatic carbocycles. The van der Waals surface area contributed by atoms with Crippen molar-refractivity contribution in [3.05, 3.63) is 69.7 Å². The molecule has 0 saturated heterocycles. The lowest BCUT2D eigenvalue weighted by Gasteiger charge is -2.05. The highest BCUT2D eigenvalue weighted by atomic mass is 79.9. The maximum Gasteiger partial charge on any atom is 0.336 e. The quantitative estimate of drug-likeness (QED) is 0.674. The average molecular weight is 317 g/mol. The lowest BCUT2D eigenvalue weighted by Crippen LogP contribution is -1.99. The van der Waals surface area contributed by atoms with Crippen LogP contribution >= 0.6 is 15.9 Å². The minimum atomic E-state index is -0.931. The maximum atomic E-state index is 11.4. The van der Waals surface area contributed by atoms with Crippen molar-refractivity contribution in [1.82, 2.24) is 0 Å². The Labute approximate surface area is 120 Å². The van der Waals surface area contributed by atoms with Crippen LogP contribution in [0.2, 0.25) is 0 Å². The second-order valence-corrected chi connectivity index (χ2v) is 5.11. The molecule has 2 nitrogen and oxygen atoms in total. The Hall–Kier alpha value is -1.87. The van der Waals surface area contributed by atoms with E-state index in [1.807, 2.05) is 55.5 Å². The number of hydrogen-bond acceptors (Lipinski definition) is 1. The second kappa shape index (κ2) is 5.85. The van der Waals surface area contributed by atoms with Crippen LogP contribution in [0.1, 0.15) is 16.7 Å². The molecule has 1 N–H and O–H groups in total. The van der Waals surface area contributed by atoms with E-state index in [9.17, 15) is 9.90 Å². The third kappa shape index (κ3) is 3.32. The number of aliphatic carboxylic acids is 1. The van der Waals surface area contributed by atoms with Gasteiger partial charge in [0, 0.05) is 4.47 Å². The van der Waals surface area contributed by atoms with Crippen molar-refractivity contribution in [2.45, 2.75) is 6.92 Å². The van der Waals surface area contributed by atoms with E-state index < -0.39 is 5.97 Å². The number of hydrogen-bond donors (Lipinski definition) is 1. The number of aryl methyl sites for hydroxylation is 1. The van der Waals surface area contributed by atoms with E-state index >= 15 is 0 Å². The van der Waals surface area contributed by atoms with Gasteiger partial charge in [-0.3, -0.25) is 0 Å². The molecule has 96 valence electrons. The maximum absolute atomic E-state index is 11.4. The number of carboxylic acids is 1. The molecule has 0 bridgehead atoms. The lowest BCUT2D eigenvalue weighted by atomic mass is 10.0. The molecular formula is C16H13BrO2. The smallest absolute Gasteiger partial charge is 0.336 e. The summed E-state index contributed by atoms with van der Waals surface area (Å²) in [6, 6.07) is 15.0. The van der Waals surface area contributed by atoms with Gasteiger partial charge in [0.15, 0.2) is 0 Å². The Morgan fingerprint density at radius 3 is 2.32 bits per heavy atom. The van der Waals surface area contributed by atoms with Crippen LogP contribution < -0.4 is 0 Å². The molecule has 0 saturated carbocycles. The van der Waals surface area contributed by atoms with Gasteiger partial charge in [-0.1, -0.05) is 64.0 Å². The van der Waals surface area contributed by atoms with Crippen molar-refractivity contribution in [3.63, 3.8) is 0 Å². The summed E-state index contributed by atoms with van der Waals surface area (Å²) in [5.74, 6) is -0.931. The first-order valence-corrected chi connectivity index (χ1v) is 6.64. The number of rotatable bonds is 3. The van der Waals surface area contributed by atoms with Crippen LogP contribution in [0.3, 0.4) is 0 Å². The van der Waals surface area contributed by atoms with E-state index in [2.05, 4.69) is 15.9 Å². The molecule has 0 spiro atoms. The van der Waals surface area contributed by atoms with Gasteiger partial charge in [0.1, 0.15) is 0 Å². The zero-order chi connectivity index (χ0) is 13.8. The van der Waals surface area contributed by atoms with Crippen LogP contribution in [-0.2, 0) is 4.79 Å². The Morgan fingerprint density at radius 1 is 1.11 bits per heavy atom. The van der Waals surface area contributed by atoms with Crippen LogP contribution in [0.4, 0.5) is 0 Å². The lowest BCUT2D eigenvalue weighted by molar-refractivity contribution is -0.130. The van der Waals surface area contributed by atoms with Crippen molar-refractivity contribution in [3.8, 4) is 0 Å². The van der Waals surface area contributed by atoms with Crippen molar-refractivity contribution in [1.29, 1.82) is 0 Å². The zero-order valence-corrected chi connectivity index (χ0v) is 12.0. The SMILES string of the molecule is Cc1ccc(/C(=C/c2ccccc2Br)C(=O)O)cc1. The summed E-state index contributed by atoms with van der Waals surface area (Å²) in [6.07, 6.45) is 1.68. The van der Waals surface area contributed by atoms with Crippen LogP contribution in [-0.4, -0.2) is 11.1 Å². The summed E-state index contributed by atoms with van der Waals surface area (Å²) >= 11 is 3.42. The predicted octanol–water partition coefficient (Wildman–Crippen LogP) is 4.38. The summed E-state index contributed by atoms with van der Waals surface area (Å²) in [4.78, 5) is 11.4. The Bertz CT molecular complexity index is 627. The van der Waals surface area contributed by atoms with Gasteiger partial charge in [0.05, 0.1) is 5.57 Å². The Balaban J connectivity index is 2.50. The molecule has 3 heteroatoms. The van der Waals surface area contributed by atoms with Crippen LogP contribution in [0, 0.1) is 6.92 Å². The number of halogens is 1. The van der Waals surface area contributed by atoms with E-state index in [-0.39, 0.29) is 5.57 Å². The molecule has 2 rings (SSSR count). The standard InChI is InChI=1S/C16H13BrO2/c1-11-6-8-12(9-7-11)14(16(18)19)10-13-4-2-3-5-15(13)17/h2-10H,1H3,(H,18,19)/b14-10-. The van der Waals surface area contributed by atoms with Gasteiger partial charge in [0.25, 0.3) is 0 Å². The fourth-order valence-electron chi connectivity index (χ4n) is 1.75. The van der Waals surface area contributed by atoms with Crippen LogP contribution in [0.5, 0.6) is 0 Å².